The summed E-state index contributed by atoms with van der Waals surface area (Å²) in [6.07, 6.45) is 0.200. The highest BCUT2D eigenvalue weighted by atomic mass is 79.9. The van der Waals surface area contributed by atoms with Crippen LogP contribution in [-0.4, -0.2) is 28.6 Å². The number of aromatic nitrogens is 1. The van der Waals surface area contributed by atoms with E-state index in [0.717, 1.165) is 15.4 Å². The summed E-state index contributed by atoms with van der Waals surface area (Å²) >= 11 is 3.39. The van der Waals surface area contributed by atoms with E-state index in [-0.39, 0.29) is 19.4 Å². The molecule has 1 heterocycles. The van der Waals surface area contributed by atoms with E-state index in [1.807, 2.05) is 18.2 Å². The number of halogens is 1. The fraction of sp³-hybridized carbons (Fsp3) is 0.312. The number of nitrogens with zero attached hydrogens (tertiary/aromatic N) is 1. The molecule has 116 valence electrons. The average Bonchev–Trinajstić information content (AvgIpc) is 2.43. The van der Waals surface area contributed by atoms with Gasteiger partial charge in [-0.2, -0.15) is 0 Å². The van der Waals surface area contributed by atoms with Gasteiger partial charge in [0.1, 0.15) is 0 Å². The zero-order chi connectivity index (χ0) is 16.3. The third-order valence-electron chi connectivity index (χ3n) is 3.31. The number of carbonyl (C=O) groups excluding carboxylic acids is 1. The van der Waals surface area contributed by atoms with Gasteiger partial charge in [0.15, 0.2) is 0 Å². The van der Waals surface area contributed by atoms with Gasteiger partial charge in [0.2, 0.25) is 0 Å². The van der Waals surface area contributed by atoms with Gasteiger partial charge in [-0.15, -0.1) is 0 Å². The Kier molecular flexibility index (Phi) is 5.13. The van der Waals surface area contributed by atoms with Crippen LogP contribution >= 0.6 is 15.9 Å². The first-order chi connectivity index (χ1) is 10.4. The monoisotopic (exact) mass is 365 g/mol. The second-order valence-corrected chi connectivity index (χ2v) is 5.74. The summed E-state index contributed by atoms with van der Waals surface area (Å²) < 4.78 is 5.97. The van der Waals surface area contributed by atoms with Crippen LogP contribution in [0.25, 0.3) is 10.9 Å². The fourth-order valence-corrected chi connectivity index (χ4v) is 2.76. The highest BCUT2D eigenvalue weighted by molar-refractivity contribution is 9.10. The molecule has 6 heteroatoms. The van der Waals surface area contributed by atoms with Crippen LogP contribution in [0.4, 0.5) is 0 Å². The van der Waals surface area contributed by atoms with E-state index in [4.69, 9.17) is 9.84 Å². The molecule has 5 nitrogen and oxygen atoms in total. The molecule has 0 unspecified atom stereocenters. The molecule has 2 aromatic rings. The van der Waals surface area contributed by atoms with Gasteiger partial charge in [-0.1, -0.05) is 22.0 Å². The standard InChI is InChI=1S/C16H16BrNO4/c1-3-22-16(21)15-9(2)18-13-8-10(17)4-5-11(13)12(15)6-7-14(19)20/h4-5,8H,3,6-7H2,1-2H3,(H,19,20). The van der Waals surface area contributed by atoms with Gasteiger partial charge in [-0.3, -0.25) is 9.78 Å². The number of carbonyl (C=O) groups is 2. The lowest BCUT2D eigenvalue weighted by Crippen LogP contribution is -2.13. The maximum Gasteiger partial charge on any atom is 0.340 e. The van der Waals surface area contributed by atoms with Crippen molar-refractivity contribution < 1.29 is 19.4 Å². The minimum absolute atomic E-state index is 0.0545. The summed E-state index contributed by atoms with van der Waals surface area (Å²) in [6, 6.07) is 5.53. The highest BCUT2D eigenvalue weighted by Gasteiger charge is 2.20. The van der Waals surface area contributed by atoms with E-state index in [2.05, 4.69) is 20.9 Å². The number of hydrogen-bond acceptors (Lipinski definition) is 4. The van der Waals surface area contributed by atoms with Crippen LogP contribution < -0.4 is 0 Å². The van der Waals surface area contributed by atoms with E-state index in [9.17, 15) is 9.59 Å². The van der Waals surface area contributed by atoms with E-state index < -0.39 is 11.9 Å². The quantitative estimate of drug-likeness (QED) is 0.820. The lowest BCUT2D eigenvalue weighted by atomic mass is 9.97. The molecule has 0 saturated carbocycles. The minimum Gasteiger partial charge on any atom is -0.481 e. The zero-order valence-electron chi connectivity index (χ0n) is 12.4. The number of fused-ring (bicyclic) bond motifs is 1. The Balaban J connectivity index is 2.67. The number of carboxylic acids is 1. The molecule has 1 aromatic heterocycles. The molecule has 1 N–H and O–H groups in total. The highest BCUT2D eigenvalue weighted by Crippen LogP contribution is 2.27. The fourth-order valence-electron chi connectivity index (χ4n) is 2.41. The minimum atomic E-state index is -0.908. The van der Waals surface area contributed by atoms with Crippen LogP contribution in [0.15, 0.2) is 22.7 Å². The number of pyridine rings is 1. The zero-order valence-corrected chi connectivity index (χ0v) is 13.9. The molecule has 0 radical (unpaired) electrons. The van der Waals surface area contributed by atoms with Gasteiger partial charge in [0.25, 0.3) is 0 Å². The van der Waals surface area contributed by atoms with Crippen molar-refractivity contribution in [3.63, 3.8) is 0 Å². The summed E-state index contributed by atoms with van der Waals surface area (Å²) in [7, 11) is 0. The Morgan fingerprint density at radius 2 is 2.09 bits per heavy atom. The number of aliphatic carboxylic acids is 1. The van der Waals surface area contributed by atoms with Crippen molar-refractivity contribution >= 4 is 38.8 Å². The van der Waals surface area contributed by atoms with E-state index in [1.54, 1.807) is 13.8 Å². The molecule has 2 rings (SSSR count). The topological polar surface area (TPSA) is 76.5 Å². The number of esters is 1. The molecule has 0 fully saturated rings. The molecular weight excluding hydrogens is 350 g/mol. The number of hydrogen-bond donors (Lipinski definition) is 1. The molecule has 1 aromatic carbocycles. The van der Waals surface area contributed by atoms with Crippen LogP contribution in [-0.2, 0) is 16.0 Å². The molecule has 0 atom stereocenters. The Bertz CT molecular complexity index is 742. The lowest BCUT2D eigenvalue weighted by Gasteiger charge is -2.14. The van der Waals surface area contributed by atoms with Crippen LogP contribution in [0.1, 0.15) is 35.0 Å². The number of rotatable bonds is 5. The van der Waals surface area contributed by atoms with Gasteiger partial charge in [-0.25, -0.2) is 4.79 Å². The summed E-state index contributed by atoms with van der Waals surface area (Å²) in [5.41, 5.74) is 2.32. The second-order valence-electron chi connectivity index (χ2n) is 4.83. The van der Waals surface area contributed by atoms with Gasteiger partial charge < -0.3 is 9.84 Å². The van der Waals surface area contributed by atoms with Gasteiger partial charge in [-0.05, 0) is 38.0 Å². The number of aryl methyl sites for hydroxylation is 2. The van der Waals surface area contributed by atoms with E-state index >= 15 is 0 Å². The summed E-state index contributed by atoms with van der Waals surface area (Å²) in [4.78, 5) is 27.6. The van der Waals surface area contributed by atoms with Crippen molar-refractivity contribution in [1.29, 1.82) is 0 Å². The molecule has 0 bridgehead atoms. The first kappa shape index (κ1) is 16.4. The van der Waals surface area contributed by atoms with E-state index in [1.165, 1.54) is 0 Å². The van der Waals surface area contributed by atoms with Crippen LogP contribution in [0.3, 0.4) is 0 Å². The number of ether oxygens (including phenoxy) is 1. The smallest absolute Gasteiger partial charge is 0.340 e. The first-order valence-electron chi connectivity index (χ1n) is 6.91. The van der Waals surface area contributed by atoms with Crippen LogP contribution in [0, 0.1) is 6.92 Å². The molecule has 0 aliphatic carbocycles. The molecule has 0 aliphatic rings. The third-order valence-corrected chi connectivity index (χ3v) is 3.80. The van der Waals surface area contributed by atoms with E-state index in [0.29, 0.717) is 16.8 Å². The van der Waals surface area contributed by atoms with Crippen LogP contribution in [0.2, 0.25) is 0 Å². The first-order valence-corrected chi connectivity index (χ1v) is 7.71. The van der Waals surface area contributed by atoms with Crippen molar-refractivity contribution in [1.82, 2.24) is 4.98 Å². The van der Waals surface area contributed by atoms with Crippen molar-refractivity contribution in [2.24, 2.45) is 0 Å². The molecule has 0 saturated heterocycles. The van der Waals surface area contributed by atoms with Crippen molar-refractivity contribution in [3.8, 4) is 0 Å². The summed E-state index contributed by atoms with van der Waals surface area (Å²) in [6.45, 7) is 3.72. The maximum atomic E-state index is 12.2. The van der Waals surface area contributed by atoms with Crippen LogP contribution in [0.5, 0.6) is 0 Å². The maximum absolute atomic E-state index is 12.2. The van der Waals surface area contributed by atoms with Crippen molar-refractivity contribution in [3.05, 3.63) is 39.5 Å². The number of carboxylic acid groups (broad SMARTS) is 1. The van der Waals surface area contributed by atoms with Gasteiger partial charge in [0.05, 0.1) is 23.4 Å². The molecule has 0 aliphatic heterocycles. The lowest BCUT2D eigenvalue weighted by molar-refractivity contribution is -0.136. The van der Waals surface area contributed by atoms with Gasteiger partial charge in [0, 0.05) is 16.3 Å². The predicted octanol–water partition coefficient (Wildman–Crippen LogP) is 3.50. The Hall–Kier alpha value is -1.95. The van der Waals surface area contributed by atoms with Crippen molar-refractivity contribution in [2.75, 3.05) is 6.61 Å². The molecule has 0 spiro atoms. The molecule has 22 heavy (non-hydrogen) atoms. The van der Waals surface area contributed by atoms with Gasteiger partial charge >= 0.3 is 11.9 Å². The largest absolute Gasteiger partial charge is 0.481 e. The molecular formula is C16H16BrNO4. The average molecular weight is 366 g/mol. The van der Waals surface area contributed by atoms with Crippen molar-refractivity contribution in [2.45, 2.75) is 26.7 Å². The summed E-state index contributed by atoms with van der Waals surface area (Å²) in [5, 5.41) is 9.73. The third kappa shape index (κ3) is 3.44. The molecule has 0 amide bonds. The summed E-state index contributed by atoms with van der Waals surface area (Å²) in [5.74, 6) is -1.37. The Morgan fingerprint density at radius 1 is 1.36 bits per heavy atom. The Labute approximate surface area is 136 Å². The number of benzene rings is 1. The second kappa shape index (κ2) is 6.87. The normalized spacial score (nSPS) is 10.7. The SMILES string of the molecule is CCOC(=O)c1c(C)nc2cc(Br)ccc2c1CCC(=O)O. The Morgan fingerprint density at radius 3 is 2.73 bits per heavy atom. The predicted molar refractivity (Wildman–Crippen MR) is 86.1 cm³/mol.